The average Bonchev–Trinajstić information content (AvgIpc) is 2.47. The standard InChI is InChI=1S/C16H17ClFNS/c1-19-16(11-4-7-14(20-2)8-5-11)9-12-3-6-13(18)10-15(12)17/h3-8,10,16,19H,9H2,1-2H3. The fourth-order valence-electron chi connectivity index (χ4n) is 2.13. The summed E-state index contributed by atoms with van der Waals surface area (Å²) in [6.45, 7) is 0. The molecule has 0 saturated heterocycles. The van der Waals surface area contributed by atoms with E-state index in [0.29, 0.717) is 5.02 Å². The van der Waals surface area contributed by atoms with Gasteiger partial charge in [0.15, 0.2) is 0 Å². The first-order chi connectivity index (χ1) is 9.63. The Morgan fingerprint density at radius 2 is 1.90 bits per heavy atom. The Hall–Kier alpha value is -1.03. The van der Waals surface area contributed by atoms with Crippen molar-refractivity contribution in [3.05, 3.63) is 64.4 Å². The molecular weight excluding hydrogens is 293 g/mol. The van der Waals surface area contributed by atoms with Crippen molar-refractivity contribution >= 4 is 23.4 Å². The quantitative estimate of drug-likeness (QED) is 0.803. The van der Waals surface area contributed by atoms with Crippen molar-refractivity contribution in [2.24, 2.45) is 0 Å². The van der Waals surface area contributed by atoms with Crippen LogP contribution in [-0.2, 0) is 6.42 Å². The minimum Gasteiger partial charge on any atom is -0.313 e. The van der Waals surface area contributed by atoms with Crippen LogP contribution >= 0.6 is 23.4 Å². The molecule has 1 atom stereocenters. The number of halogens is 2. The van der Waals surface area contributed by atoms with Crippen LogP contribution in [0.2, 0.25) is 5.02 Å². The minimum absolute atomic E-state index is 0.161. The summed E-state index contributed by atoms with van der Waals surface area (Å²) in [6.07, 6.45) is 2.79. The lowest BCUT2D eigenvalue weighted by atomic mass is 9.99. The highest BCUT2D eigenvalue weighted by atomic mass is 35.5. The van der Waals surface area contributed by atoms with Gasteiger partial charge in [-0.05, 0) is 55.1 Å². The van der Waals surface area contributed by atoms with Crippen molar-refractivity contribution in [3.8, 4) is 0 Å². The second kappa shape index (κ2) is 7.11. The summed E-state index contributed by atoms with van der Waals surface area (Å²) in [5, 5.41) is 3.76. The predicted octanol–water partition coefficient (Wildman–Crippen LogP) is 4.70. The SMILES string of the molecule is CNC(Cc1ccc(F)cc1Cl)c1ccc(SC)cc1. The first-order valence-corrected chi connectivity index (χ1v) is 7.99. The lowest BCUT2D eigenvalue weighted by Gasteiger charge is -2.18. The minimum atomic E-state index is -0.302. The molecule has 0 radical (unpaired) electrons. The highest BCUT2D eigenvalue weighted by Gasteiger charge is 2.12. The molecule has 106 valence electrons. The molecule has 0 bridgehead atoms. The Morgan fingerprint density at radius 1 is 1.20 bits per heavy atom. The maximum Gasteiger partial charge on any atom is 0.124 e. The summed E-state index contributed by atoms with van der Waals surface area (Å²) in [7, 11) is 1.92. The monoisotopic (exact) mass is 309 g/mol. The molecule has 1 N–H and O–H groups in total. The van der Waals surface area contributed by atoms with Gasteiger partial charge in [-0.25, -0.2) is 4.39 Å². The molecule has 2 aromatic rings. The van der Waals surface area contributed by atoms with Gasteiger partial charge in [0.05, 0.1) is 0 Å². The van der Waals surface area contributed by atoms with Crippen molar-refractivity contribution in [2.75, 3.05) is 13.3 Å². The maximum atomic E-state index is 13.1. The third-order valence-electron chi connectivity index (χ3n) is 3.31. The average molecular weight is 310 g/mol. The molecule has 2 aromatic carbocycles. The molecule has 0 aromatic heterocycles. The van der Waals surface area contributed by atoms with Crippen LogP contribution in [0.5, 0.6) is 0 Å². The van der Waals surface area contributed by atoms with Crippen LogP contribution in [0.3, 0.4) is 0 Å². The van der Waals surface area contributed by atoms with Gasteiger partial charge in [0.25, 0.3) is 0 Å². The zero-order valence-corrected chi connectivity index (χ0v) is 13.1. The molecule has 1 unspecified atom stereocenters. The van der Waals surface area contributed by atoms with E-state index in [9.17, 15) is 4.39 Å². The number of nitrogens with one attached hydrogen (secondary N) is 1. The van der Waals surface area contributed by atoms with Gasteiger partial charge >= 0.3 is 0 Å². The second-order valence-corrected chi connectivity index (χ2v) is 5.84. The van der Waals surface area contributed by atoms with Crippen LogP contribution in [0.1, 0.15) is 17.2 Å². The molecule has 0 aliphatic rings. The molecule has 0 saturated carbocycles. The summed E-state index contributed by atoms with van der Waals surface area (Å²) in [6, 6.07) is 13.2. The lowest BCUT2D eigenvalue weighted by Crippen LogP contribution is -2.19. The highest BCUT2D eigenvalue weighted by molar-refractivity contribution is 7.98. The zero-order chi connectivity index (χ0) is 14.5. The molecule has 0 fully saturated rings. The summed E-state index contributed by atoms with van der Waals surface area (Å²) in [4.78, 5) is 1.24. The van der Waals surface area contributed by atoms with Crippen LogP contribution in [0, 0.1) is 5.82 Å². The molecule has 2 rings (SSSR count). The van der Waals surface area contributed by atoms with E-state index in [1.54, 1.807) is 17.8 Å². The molecule has 1 nitrogen and oxygen atoms in total. The van der Waals surface area contributed by atoms with Crippen LogP contribution in [0.25, 0.3) is 0 Å². The topological polar surface area (TPSA) is 12.0 Å². The van der Waals surface area contributed by atoms with Gasteiger partial charge in [0, 0.05) is 16.0 Å². The Kier molecular flexibility index (Phi) is 5.46. The van der Waals surface area contributed by atoms with Gasteiger partial charge < -0.3 is 5.32 Å². The Morgan fingerprint density at radius 3 is 2.45 bits per heavy atom. The van der Waals surface area contributed by atoms with E-state index in [-0.39, 0.29) is 11.9 Å². The van der Waals surface area contributed by atoms with E-state index in [2.05, 4.69) is 35.8 Å². The predicted molar refractivity (Wildman–Crippen MR) is 85.1 cm³/mol. The van der Waals surface area contributed by atoms with E-state index in [1.165, 1.54) is 22.6 Å². The molecule has 0 spiro atoms. The fraction of sp³-hybridized carbons (Fsp3) is 0.250. The number of hydrogen-bond donors (Lipinski definition) is 1. The van der Waals surface area contributed by atoms with Gasteiger partial charge in [-0.3, -0.25) is 0 Å². The summed E-state index contributed by atoms with van der Waals surface area (Å²) in [5.41, 5.74) is 2.15. The van der Waals surface area contributed by atoms with Crippen molar-refractivity contribution < 1.29 is 4.39 Å². The lowest BCUT2D eigenvalue weighted by molar-refractivity contribution is 0.588. The van der Waals surface area contributed by atoms with Gasteiger partial charge in [0.1, 0.15) is 5.82 Å². The second-order valence-electron chi connectivity index (χ2n) is 4.55. The van der Waals surface area contributed by atoms with Gasteiger partial charge in [-0.2, -0.15) is 0 Å². The van der Waals surface area contributed by atoms with Gasteiger partial charge in [0.2, 0.25) is 0 Å². The Labute approximate surface area is 128 Å². The van der Waals surface area contributed by atoms with E-state index in [4.69, 9.17) is 11.6 Å². The molecule has 0 heterocycles. The normalized spacial score (nSPS) is 12.4. The first kappa shape index (κ1) is 15.4. The summed E-state index contributed by atoms with van der Waals surface area (Å²) >= 11 is 7.82. The zero-order valence-electron chi connectivity index (χ0n) is 11.5. The third kappa shape index (κ3) is 3.75. The molecule has 0 amide bonds. The van der Waals surface area contributed by atoms with E-state index in [0.717, 1.165) is 12.0 Å². The summed E-state index contributed by atoms with van der Waals surface area (Å²) in [5.74, 6) is -0.302. The smallest absolute Gasteiger partial charge is 0.124 e. The van der Waals surface area contributed by atoms with Crippen molar-refractivity contribution in [1.82, 2.24) is 5.32 Å². The number of thioether (sulfide) groups is 1. The maximum absolute atomic E-state index is 13.1. The van der Waals surface area contributed by atoms with E-state index in [1.807, 2.05) is 7.05 Å². The number of likely N-dealkylation sites (N-methyl/N-ethyl adjacent to an activating group) is 1. The van der Waals surface area contributed by atoms with Gasteiger partial charge in [-0.1, -0.05) is 29.8 Å². The first-order valence-electron chi connectivity index (χ1n) is 6.39. The van der Waals surface area contributed by atoms with E-state index < -0.39 is 0 Å². The largest absolute Gasteiger partial charge is 0.313 e. The van der Waals surface area contributed by atoms with Crippen LogP contribution in [-0.4, -0.2) is 13.3 Å². The number of hydrogen-bond acceptors (Lipinski definition) is 2. The Bertz CT molecular complexity index is 571. The van der Waals surface area contributed by atoms with Crippen molar-refractivity contribution in [1.29, 1.82) is 0 Å². The molecule has 0 aliphatic carbocycles. The number of rotatable bonds is 5. The van der Waals surface area contributed by atoms with Crippen molar-refractivity contribution in [3.63, 3.8) is 0 Å². The molecule has 4 heteroatoms. The highest BCUT2D eigenvalue weighted by Crippen LogP contribution is 2.25. The molecular formula is C16H17ClFNS. The fourth-order valence-corrected chi connectivity index (χ4v) is 2.78. The molecule has 0 aliphatic heterocycles. The number of benzene rings is 2. The Balaban J connectivity index is 2.19. The van der Waals surface area contributed by atoms with E-state index >= 15 is 0 Å². The van der Waals surface area contributed by atoms with Crippen molar-refractivity contribution in [2.45, 2.75) is 17.4 Å². The molecule has 20 heavy (non-hydrogen) atoms. The van der Waals surface area contributed by atoms with Crippen LogP contribution in [0.15, 0.2) is 47.4 Å². The summed E-state index contributed by atoms with van der Waals surface area (Å²) < 4.78 is 13.1. The van der Waals surface area contributed by atoms with Crippen LogP contribution < -0.4 is 5.32 Å². The van der Waals surface area contributed by atoms with Gasteiger partial charge in [-0.15, -0.1) is 11.8 Å². The van der Waals surface area contributed by atoms with Crippen LogP contribution in [0.4, 0.5) is 4.39 Å². The third-order valence-corrected chi connectivity index (χ3v) is 4.40.